The molecule has 0 saturated carbocycles. The van der Waals surface area contributed by atoms with Crippen LogP contribution < -0.4 is 5.32 Å². The topological polar surface area (TPSA) is 61.8 Å². The number of phenols is 1. The van der Waals surface area contributed by atoms with Crippen molar-refractivity contribution in [3.05, 3.63) is 28.8 Å². The summed E-state index contributed by atoms with van der Waals surface area (Å²) in [6.07, 6.45) is 0.972. The van der Waals surface area contributed by atoms with E-state index in [9.17, 15) is 9.90 Å². The first-order valence-electron chi connectivity index (χ1n) is 6.64. The Kier molecular flexibility index (Phi) is 5.23. The molecule has 2 rings (SSSR count). The second-order valence-electron chi connectivity index (χ2n) is 4.78. The number of hydrogen-bond acceptors (Lipinski definition) is 5. The molecule has 1 saturated heterocycles. The molecule has 20 heavy (non-hydrogen) atoms. The lowest BCUT2D eigenvalue weighted by Gasteiger charge is -2.28. The summed E-state index contributed by atoms with van der Waals surface area (Å²) in [7, 11) is 1.38. The van der Waals surface area contributed by atoms with E-state index in [0.29, 0.717) is 0 Å². The molecule has 1 heterocycles. The Morgan fingerprint density at radius 1 is 1.45 bits per heavy atom. The fraction of sp³-hybridized carbons (Fsp3) is 0.500. The Labute approximate surface area is 123 Å². The van der Waals surface area contributed by atoms with Crippen LogP contribution in [0.1, 0.15) is 18.0 Å². The third-order valence-electron chi connectivity index (χ3n) is 3.45. The number of phenolic OH excluding ortho intramolecular Hbond substituents is 1. The summed E-state index contributed by atoms with van der Waals surface area (Å²) in [4.78, 5) is 14.2. The maximum Gasteiger partial charge on any atom is 0.327 e. The number of nitrogens with zero attached hydrogens (tertiary/aromatic N) is 1. The van der Waals surface area contributed by atoms with Gasteiger partial charge >= 0.3 is 5.97 Å². The minimum absolute atomic E-state index is 0.0107. The molecule has 0 radical (unpaired) electrons. The van der Waals surface area contributed by atoms with Gasteiger partial charge in [-0.15, -0.1) is 0 Å². The number of hydrogen-bond donors (Lipinski definition) is 2. The number of aromatic hydroxyl groups is 1. The van der Waals surface area contributed by atoms with E-state index in [2.05, 4.69) is 10.2 Å². The molecular formula is C14H19ClN2O3. The van der Waals surface area contributed by atoms with Crippen LogP contribution in [0.3, 0.4) is 0 Å². The van der Waals surface area contributed by atoms with E-state index in [4.69, 9.17) is 16.3 Å². The van der Waals surface area contributed by atoms with E-state index in [0.717, 1.165) is 38.2 Å². The van der Waals surface area contributed by atoms with E-state index >= 15 is 0 Å². The van der Waals surface area contributed by atoms with Crippen LogP contribution in [0.4, 0.5) is 0 Å². The molecule has 5 nitrogen and oxygen atoms in total. The monoisotopic (exact) mass is 298 g/mol. The van der Waals surface area contributed by atoms with Gasteiger partial charge < -0.3 is 15.2 Å². The average Bonchev–Trinajstić information content (AvgIpc) is 2.72. The largest absolute Gasteiger partial charge is 0.506 e. The number of nitrogens with one attached hydrogen (secondary N) is 1. The second kappa shape index (κ2) is 6.92. The fourth-order valence-electron chi connectivity index (χ4n) is 2.43. The molecule has 0 spiro atoms. The Bertz CT molecular complexity index is 473. The van der Waals surface area contributed by atoms with Crippen LogP contribution in [-0.2, 0) is 9.53 Å². The third kappa shape index (κ3) is 3.42. The molecule has 1 unspecified atom stereocenters. The van der Waals surface area contributed by atoms with Crippen LogP contribution in [0.5, 0.6) is 5.75 Å². The van der Waals surface area contributed by atoms with Crippen LogP contribution >= 0.6 is 11.6 Å². The number of esters is 1. The highest BCUT2D eigenvalue weighted by Crippen LogP contribution is 2.30. The Morgan fingerprint density at radius 2 is 2.25 bits per heavy atom. The van der Waals surface area contributed by atoms with E-state index < -0.39 is 6.04 Å². The van der Waals surface area contributed by atoms with Crippen LogP contribution in [-0.4, -0.2) is 49.3 Å². The predicted octanol–water partition coefficient (Wildman–Crippen LogP) is 1.55. The zero-order valence-corrected chi connectivity index (χ0v) is 12.2. The van der Waals surface area contributed by atoms with Crippen molar-refractivity contribution in [1.29, 1.82) is 0 Å². The van der Waals surface area contributed by atoms with Crippen molar-refractivity contribution in [3.63, 3.8) is 0 Å². The fourth-order valence-corrected chi connectivity index (χ4v) is 2.61. The standard InChI is InChI=1S/C14H19ClN2O3/c1-20-14(19)13(17-7-2-5-16-6-8-17)10-3-4-12(18)11(15)9-10/h3-4,9,13,16,18H,2,5-8H2,1H3. The van der Waals surface area contributed by atoms with Gasteiger partial charge in [0, 0.05) is 19.6 Å². The van der Waals surface area contributed by atoms with E-state index in [-0.39, 0.29) is 16.7 Å². The molecular weight excluding hydrogens is 280 g/mol. The van der Waals surface area contributed by atoms with E-state index in [1.165, 1.54) is 13.2 Å². The van der Waals surface area contributed by atoms with Gasteiger partial charge in [-0.1, -0.05) is 17.7 Å². The molecule has 0 bridgehead atoms. The number of rotatable bonds is 3. The van der Waals surface area contributed by atoms with Crippen LogP contribution in [0.2, 0.25) is 5.02 Å². The van der Waals surface area contributed by atoms with Gasteiger partial charge in [-0.2, -0.15) is 0 Å². The van der Waals surface area contributed by atoms with Gasteiger partial charge in [0.1, 0.15) is 11.8 Å². The molecule has 1 aliphatic rings. The zero-order chi connectivity index (χ0) is 14.5. The number of benzene rings is 1. The SMILES string of the molecule is COC(=O)C(c1ccc(O)c(Cl)c1)N1CCCNCC1. The third-order valence-corrected chi connectivity index (χ3v) is 3.75. The summed E-state index contributed by atoms with van der Waals surface area (Å²) in [5.74, 6) is -0.301. The van der Waals surface area contributed by atoms with Crippen LogP contribution in [0.25, 0.3) is 0 Å². The lowest BCUT2D eigenvalue weighted by molar-refractivity contribution is -0.147. The molecule has 1 aliphatic heterocycles. The van der Waals surface area contributed by atoms with E-state index in [1.807, 2.05) is 0 Å². The molecule has 1 aromatic carbocycles. The van der Waals surface area contributed by atoms with Crippen molar-refractivity contribution in [1.82, 2.24) is 10.2 Å². The van der Waals surface area contributed by atoms with Crippen molar-refractivity contribution in [3.8, 4) is 5.75 Å². The minimum Gasteiger partial charge on any atom is -0.506 e. The molecule has 1 atom stereocenters. The van der Waals surface area contributed by atoms with Crippen molar-refractivity contribution in [2.75, 3.05) is 33.3 Å². The van der Waals surface area contributed by atoms with Gasteiger partial charge in [-0.25, -0.2) is 4.79 Å². The number of ether oxygens (including phenoxy) is 1. The number of carbonyl (C=O) groups excluding carboxylic acids is 1. The predicted molar refractivity (Wildman–Crippen MR) is 76.9 cm³/mol. The number of methoxy groups -OCH3 is 1. The van der Waals surface area contributed by atoms with Gasteiger partial charge in [0.25, 0.3) is 0 Å². The Hall–Kier alpha value is -1.30. The first-order chi connectivity index (χ1) is 9.63. The quantitative estimate of drug-likeness (QED) is 0.829. The molecule has 110 valence electrons. The van der Waals surface area contributed by atoms with Crippen LogP contribution in [0.15, 0.2) is 18.2 Å². The highest BCUT2D eigenvalue weighted by molar-refractivity contribution is 6.32. The average molecular weight is 299 g/mol. The van der Waals surface area contributed by atoms with Gasteiger partial charge in [0.2, 0.25) is 0 Å². The van der Waals surface area contributed by atoms with Crippen LogP contribution in [0, 0.1) is 0 Å². The first-order valence-corrected chi connectivity index (χ1v) is 7.02. The number of carbonyl (C=O) groups is 1. The Balaban J connectivity index is 2.30. The smallest absolute Gasteiger partial charge is 0.327 e. The summed E-state index contributed by atoms with van der Waals surface area (Å²) >= 11 is 5.94. The summed E-state index contributed by atoms with van der Waals surface area (Å²) in [6.45, 7) is 3.35. The van der Waals surface area contributed by atoms with Crippen molar-refractivity contribution in [2.45, 2.75) is 12.5 Å². The van der Waals surface area contributed by atoms with Gasteiger partial charge in [0.15, 0.2) is 0 Å². The van der Waals surface area contributed by atoms with Crippen molar-refractivity contribution < 1.29 is 14.6 Å². The molecule has 0 amide bonds. The maximum absolute atomic E-state index is 12.1. The summed E-state index contributed by atoms with van der Waals surface area (Å²) in [6, 6.07) is 4.35. The number of halogens is 1. The highest BCUT2D eigenvalue weighted by Gasteiger charge is 2.29. The molecule has 1 aromatic rings. The van der Waals surface area contributed by atoms with Gasteiger partial charge in [-0.05, 0) is 30.7 Å². The summed E-state index contributed by atoms with van der Waals surface area (Å²) < 4.78 is 4.92. The normalized spacial score (nSPS) is 18.3. The van der Waals surface area contributed by atoms with E-state index in [1.54, 1.807) is 12.1 Å². The first kappa shape index (κ1) is 15.1. The molecule has 0 aliphatic carbocycles. The summed E-state index contributed by atoms with van der Waals surface area (Å²) in [5.41, 5.74) is 0.738. The van der Waals surface area contributed by atoms with Gasteiger partial charge in [0.05, 0.1) is 12.1 Å². The summed E-state index contributed by atoms with van der Waals surface area (Å²) in [5, 5.41) is 13.0. The van der Waals surface area contributed by atoms with Crippen molar-refractivity contribution in [2.24, 2.45) is 0 Å². The zero-order valence-electron chi connectivity index (χ0n) is 11.4. The minimum atomic E-state index is -0.488. The maximum atomic E-state index is 12.1. The Morgan fingerprint density at radius 3 is 2.95 bits per heavy atom. The highest BCUT2D eigenvalue weighted by atomic mass is 35.5. The molecule has 0 aromatic heterocycles. The molecule has 2 N–H and O–H groups in total. The lowest BCUT2D eigenvalue weighted by atomic mass is 10.0. The molecule has 1 fully saturated rings. The lowest BCUT2D eigenvalue weighted by Crippen LogP contribution is -2.37. The second-order valence-corrected chi connectivity index (χ2v) is 5.18. The van der Waals surface area contributed by atoms with Crippen molar-refractivity contribution >= 4 is 17.6 Å². The molecule has 6 heteroatoms. The van der Waals surface area contributed by atoms with Gasteiger partial charge in [-0.3, -0.25) is 4.90 Å².